The van der Waals surface area contributed by atoms with Crippen molar-refractivity contribution in [2.75, 3.05) is 0 Å². The van der Waals surface area contributed by atoms with E-state index in [1.54, 1.807) is 0 Å². The van der Waals surface area contributed by atoms with E-state index < -0.39 is 0 Å². The molecule has 3 nitrogen and oxygen atoms in total. The van der Waals surface area contributed by atoms with Gasteiger partial charge in [0, 0.05) is 31.4 Å². The molecule has 2 aromatic carbocycles. The predicted molar refractivity (Wildman–Crippen MR) is 119 cm³/mol. The molecule has 3 aromatic rings. The SMILES string of the molecule is CCCCCCC(=O)N(Cc1ccccc1)Cc1cccn1Cc1ccccc1. The van der Waals surface area contributed by atoms with E-state index in [1.165, 1.54) is 29.7 Å². The molecule has 0 aliphatic carbocycles. The smallest absolute Gasteiger partial charge is 0.223 e. The molecule has 0 radical (unpaired) electrons. The van der Waals surface area contributed by atoms with Gasteiger partial charge in [-0.05, 0) is 29.7 Å². The standard InChI is InChI=1S/C26H32N2O/c1-2-3-4-11-18-26(29)28(21-24-15-9-6-10-16-24)22-25-17-12-19-27(25)20-23-13-7-5-8-14-23/h5-10,12-17,19H,2-4,11,18,20-22H2,1H3. The Morgan fingerprint density at radius 1 is 0.793 bits per heavy atom. The zero-order chi connectivity index (χ0) is 20.3. The molecule has 0 saturated heterocycles. The van der Waals surface area contributed by atoms with Crippen LogP contribution in [-0.4, -0.2) is 15.4 Å². The maximum Gasteiger partial charge on any atom is 0.223 e. The molecule has 1 amide bonds. The van der Waals surface area contributed by atoms with Crippen LogP contribution in [0, 0.1) is 0 Å². The monoisotopic (exact) mass is 388 g/mol. The van der Waals surface area contributed by atoms with Crippen molar-refractivity contribution >= 4 is 5.91 Å². The zero-order valence-corrected chi connectivity index (χ0v) is 17.5. The second-order valence-electron chi connectivity index (χ2n) is 7.66. The predicted octanol–water partition coefficient (Wildman–Crippen LogP) is 6.04. The highest BCUT2D eigenvalue weighted by atomic mass is 16.2. The van der Waals surface area contributed by atoms with E-state index in [0.717, 1.165) is 19.4 Å². The first-order chi connectivity index (χ1) is 14.3. The van der Waals surface area contributed by atoms with E-state index >= 15 is 0 Å². The molecule has 0 atom stereocenters. The van der Waals surface area contributed by atoms with Crippen LogP contribution in [0.15, 0.2) is 79.0 Å². The second kappa shape index (κ2) is 11.3. The van der Waals surface area contributed by atoms with Crippen LogP contribution in [-0.2, 0) is 24.4 Å². The average molecular weight is 389 g/mol. The molecule has 152 valence electrons. The molecule has 1 heterocycles. The second-order valence-corrected chi connectivity index (χ2v) is 7.66. The van der Waals surface area contributed by atoms with Gasteiger partial charge in [0.1, 0.15) is 0 Å². The molecule has 0 fully saturated rings. The van der Waals surface area contributed by atoms with E-state index in [-0.39, 0.29) is 5.91 Å². The van der Waals surface area contributed by atoms with E-state index in [2.05, 4.69) is 66.2 Å². The molecule has 0 aliphatic rings. The van der Waals surface area contributed by atoms with Gasteiger partial charge in [0.05, 0.1) is 6.54 Å². The summed E-state index contributed by atoms with van der Waals surface area (Å²) in [7, 11) is 0. The summed E-state index contributed by atoms with van der Waals surface area (Å²) in [6, 6.07) is 25.0. The number of rotatable bonds is 11. The van der Waals surface area contributed by atoms with Crippen LogP contribution in [0.1, 0.15) is 55.8 Å². The Balaban J connectivity index is 1.71. The van der Waals surface area contributed by atoms with Gasteiger partial charge in [0.25, 0.3) is 0 Å². The van der Waals surface area contributed by atoms with Gasteiger partial charge in [-0.3, -0.25) is 4.79 Å². The Kier molecular flexibility index (Phi) is 8.12. The number of carbonyl (C=O) groups excluding carboxylic acids is 1. The summed E-state index contributed by atoms with van der Waals surface area (Å²) in [5, 5.41) is 0. The van der Waals surface area contributed by atoms with Gasteiger partial charge >= 0.3 is 0 Å². The third kappa shape index (κ3) is 6.63. The van der Waals surface area contributed by atoms with E-state index in [9.17, 15) is 4.79 Å². The molecular weight excluding hydrogens is 356 g/mol. The summed E-state index contributed by atoms with van der Waals surface area (Å²) in [5.74, 6) is 0.248. The van der Waals surface area contributed by atoms with Gasteiger partial charge in [0.15, 0.2) is 0 Å². The van der Waals surface area contributed by atoms with Crippen molar-refractivity contribution in [1.29, 1.82) is 0 Å². The number of nitrogens with zero attached hydrogens (tertiary/aromatic N) is 2. The van der Waals surface area contributed by atoms with Crippen molar-refractivity contribution in [3.63, 3.8) is 0 Å². The zero-order valence-electron chi connectivity index (χ0n) is 17.5. The van der Waals surface area contributed by atoms with Crippen LogP contribution < -0.4 is 0 Å². The van der Waals surface area contributed by atoms with Gasteiger partial charge in [0.2, 0.25) is 5.91 Å². The lowest BCUT2D eigenvalue weighted by molar-refractivity contribution is -0.132. The van der Waals surface area contributed by atoms with Crippen LogP contribution in [0.3, 0.4) is 0 Å². The molecule has 0 N–H and O–H groups in total. The maximum absolute atomic E-state index is 13.0. The van der Waals surface area contributed by atoms with Crippen LogP contribution >= 0.6 is 0 Å². The van der Waals surface area contributed by atoms with E-state index in [0.29, 0.717) is 19.5 Å². The third-order valence-electron chi connectivity index (χ3n) is 5.29. The quantitative estimate of drug-likeness (QED) is 0.368. The highest BCUT2D eigenvalue weighted by molar-refractivity contribution is 5.76. The number of hydrogen-bond donors (Lipinski definition) is 0. The summed E-state index contributed by atoms with van der Waals surface area (Å²) in [6.45, 7) is 4.32. The lowest BCUT2D eigenvalue weighted by Gasteiger charge is -2.24. The molecule has 0 spiro atoms. The van der Waals surface area contributed by atoms with Crippen LogP contribution in [0.2, 0.25) is 0 Å². The van der Waals surface area contributed by atoms with Gasteiger partial charge in [-0.1, -0.05) is 86.8 Å². The molecule has 3 heteroatoms. The highest BCUT2D eigenvalue weighted by Gasteiger charge is 2.16. The summed E-state index contributed by atoms with van der Waals surface area (Å²) in [6.07, 6.45) is 7.23. The number of amides is 1. The molecule has 1 aromatic heterocycles. The summed E-state index contributed by atoms with van der Waals surface area (Å²) in [4.78, 5) is 15.0. The average Bonchev–Trinajstić information content (AvgIpc) is 3.18. The number of benzene rings is 2. The molecule has 3 rings (SSSR count). The van der Waals surface area contributed by atoms with Gasteiger partial charge in [-0.2, -0.15) is 0 Å². The minimum atomic E-state index is 0.248. The first-order valence-electron chi connectivity index (χ1n) is 10.8. The molecule has 29 heavy (non-hydrogen) atoms. The van der Waals surface area contributed by atoms with Crippen molar-refractivity contribution in [2.45, 2.75) is 58.7 Å². The van der Waals surface area contributed by atoms with Crippen molar-refractivity contribution < 1.29 is 4.79 Å². The number of aromatic nitrogens is 1. The first kappa shape index (κ1) is 20.9. The van der Waals surface area contributed by atoms with E-state index in [4.69, 9.17) is 0 Å². The van der Waals surface area contributed by atoms with Crippen LogP contribution in [0.4, 0.5) is 0 Å². The molecule has 0 saturated carbocycles. The fraction of sp³-hybridized carbons (Fsp3) is 0.346. The van der Waals surface area contributed by atoms with Gasteiger partial charge in [-0.15, -0.1) is 0 Å². The number of carbonyl (C=O) groups is 1. The topological polar surface area (TPSA) is 25.2 Å². The normalized spacial score (nSPS) is 10.8. The fourth-order valence-corrected chi connectivity index (χ4v) is 3.62. The minimum Gasteiger partial charge on any atom is -0.345 e. The Labute approximate surface area is 175 Å². The van der Waals surface area contributed by atoms with Crippen molar-refractivity contribution in [3.05, 3.63) is 95.8 Å². The first-order valence-corrected chi connectivity index (χ1v) is 10.8. The number of hydrogen-bond acceptors (Lipinski definition) is 1. The number of unbranched alkanes of at least 4 members (excludes halogenated alkanes) is 3. The maximum atomic E-state index is 13.0. The van der Waals surface area contributed by atoms with Crippen molar-refractivity contribution in [3.8, 4) is 0 Å². The fourth-order valence-electron chi connectivity index (χ4n) is 3.62. The lowest BCUT2D eigenvalue weighted by atomic mass is 10.1. The van der Waals surface area contributed by atoms with Crippen LogP contribution in [0.5, 0.6) is 0 Å². The highest BCUT2D eigenvalue weighted by Crippen LogP contribution is 2.15. The molecule has 0 unspecified atom stereocenters. The largest absolute Gasteiger partial charge is 0.345 e. The summed E-state index contributed by atoms with van der Waals surface area (Å²) < 4.78 is 2.25. The van der Waals surface area contributed by atoms with Crippen molar-refractivity contribution in [1.82, 2.24) is 9.47 Å². The minimum absolute atomic E-state index is 0.248. The van der Waals surface area contributed by atoms with Gasteiger partial charge < -0.3 is 9.47 Å². The Morgan fingerprint density at radius 2 is 1.48 bits per heavy atom. The van der Waals surface area contributed by atoms with E-state index in [1.807, 2.05) is 29.2 Å². The Morgan fingerprint density at radius 3 is 2.17 bits per heavy atom. The molecule has 0 aliphatic heterocycles. The van der Waals surface area contributed by atoms with Crippen molar-refractivity contribution in [2.24, 2.45) is 0 Å². The van der Waals surface area contributed by atoms with Crippen LogP contribution in [0.25, 0.3) is 0 Å². The lowest BCUT2D eigenvalue weighted by Crippen LogP contribution is -2.30. The van der Waals surface area contributed by atoms with Gasteiger partial charge in [-0.25, -0.2) is 0 Å². The molecular formula is C26H32N2O. The third-order valence-corrected chi connectivity index (χ3v) is 5.29. The summed E-state index contributed by atoms with van der Waals surface area (Å²) >= 11 is 0. The Bertz CT molecular complexity index is 855. The summed E-state index contributed by atoms with van der Waals surface area (Å²) in [5.41, 5.74) is 3.62. The molecule has 0 bridgehead atoms. The Hall–Kier alpha value is -2.81.